The Labute approximate surface area is 86.0 Å². The van der Waals surface area contributed by atoms with Gasteiger partial charge in [0.15, 0.2) is 0 Å². The predicted molar refractivity (Wildman–Crippen MR) is 53.8 cm³/mol. The first-order chi connectivity index (χ1) is 6.83. The van der Waals surface area contributed by atoms with Crippen molar-refractivity contribution in [1.29, 1.82) is 5.26 Å². The minimum Gasteiger partial charge on any atom is -0.381 e. The predicted octanol–water partition coefficient (Wildman–Crippen LogP) is 2.12. The zero-order chi connectivity index (χ0) is 10.3. The van der Waals surface area contributed by atoms with E-state index >= 15 is 0 Å². The number of nitrogens with zero attached hydrogens (tertiary/aromatic N) is 1. The van der Waals surface area contributed by atoms with Gasteiger partial charge in [0.25, 0.3) is 0 Å². The molecule has 1 rings (SSSR count). The third-order valence-corrected chi connectivity index (χ3v) is 2.76. The molecule has 0 aromatic rings. The molecule has 80 valence electrons. The van der Waals surface area contributed by atoms with E-state index in [4.69, 9.17) is 14.7 Å². The second-order valence-corrected chi connectivity index (χ2v) is 3.87. The molecule has 0 N–H and O–H groups in total. The van der Waals surface area contributed by atoms with Gasteiger partial charge in [0.2, 0.25) is 0 Å². The summed E-state index contributed by atoms with van der Waals surface area (Å²) in [4.78, 5) is 0. The Kier molecular flexibility index (Phi) is 4.92. The zero-order valence-electron chi connectivity index (χ0n) is 8.92. The fourth-order valence-electron chi connectivity index (χ4n) is 1.69. The van der Waals surface area contributed by atoms with Gasteiger partial charge >= 0.3 is 0 Å². The van der Waals surface area contributed by atoms with Crippen LogP contribution >= 0.6 is 0 Å². The summed E-state index contributed by atoms with van der Waals surface area (Å²) in [5.74, 6) is 0. The fraction of sp³-hybridized carbons (Fsp3) is 0.909. The summed E-state index contributed by atoms with van der Waals surface area (Å²) in [7, 11) is 0. The van der Waals surface area contributed by atoms with Crippen molar-refractivity contribution >= 4 is 0 Å². The van der Waals surface area contributed by atoms with Gasteiger partial charge in [0, 0.05) is 26.4 Å². The monoisotopic (exact) mass is 197 g/mol. The third kappa shape index (κ3) is 3.28. The molecule has 0 aromatic heterocycles. The van der Waals surface area contributed by atoms with E-state index < -0.39 is 0 Å². The van der Waals surface area contributed by atoms with Crippen molar-refractivity contribution in [3.63, 3.8) is 0 Å². The molecule has 14 heavy (non-hydrogen) atoms. The first-order valence-electron chi connectivity index (χ1n) is 5.40. The van der Waals surface area contributed by atoms with Crippen LogP contribution in [0.3, 0.4) is 0 Å². The molecule has 0 aliphatic carbocycles. The Morgan fingerprint density at radius 2 is 2.07 bits per heavy atom. The second kappa shape index (κ2) is 6.00. The summed E-state index contributed by atoms with van der Waals surface area (Å²) in [6.07, 6.45) is 3.62. The van der Waals surface area contributed by atoms with Crippen LogP contribution in [0.2, 0.25) is 0 Å². The van der Waals surface area contributed by atoms with E-state index in [0.29, 0.717) is 6.61 Å². The molecular weight excluding hydrogens is 178 g/mol. The lowest BCUT2D eigenvalue weighted by Crippen LogP contribution is -2.29. The van der Waals surface area contributed by atoms with Gasteiger partial charge < -0.3 is 9.47 Å². The smallest absolute Gasteiger partial charge is 0.0692 e. The maximum absolute atomic E-state index is 9.14. The molecule has 0 amide bonds. The van der Waals surface area contributed by atoms with Gasteiger partial charge in [-0.2, -0.15) is 5.26 Å². The van der Waals surface area contributed by atoms with Crippen LogP contribution in [0.4, 0.5) is 0 Å². The van der Waals surface area contributed by atoms with E-state index in [1.807, 2.05) is 0 Å². The van der Waals surface area contributed by atoms with E-state index in [1.54, 1.807) is 0 Å². The number of ether oxygens (including phenoxy) is 2. The highest BCUT2D eigenvalue weighted by molar-refractivity contribution is 4.99. The Balaban J connectivity index is 2.26. The van der Waals surface area contributed by atoms with E-state index in [2.05, 4.69) is 13.0 Å². The minimum absolute atomic E-state index is 0.175. The van der Waals surface area contributed by atoms with Gasteiger partial charge in [-0.1, -0.05) is 6.92 Å². The third-order valence-electron chi connectivity index (χ3n) is 2.76. The minimum atomic E-state index is -0.175. The van der Waals surface area contributed by atoms with Crippen molar-refractivity contribution in [2.75, 3.05) is 26.4 Å². The summed E-state index contributed by atoms with van der Waals surface area (Å²) in [5.41, 5.74) is -0.175. The molecular formula is C11H19NO2. The highest BCUT2D eigenvalue weighted by atomic mass is 16.5. The van der Waals surface area contributed by atoms with Crippen molar-refractivity contribution < 1.29 is 9.47 Å². The first-order valence-corrected chi connectivity index (χ1v) is 5.40. The molecule has 0 atom stereocenters. The highest BCUT2D eigenvalue weighted by Gasteiger charge is 2.32. The fourth-order valence-corrected chi connectivity index (χ4v) is 1.69. The molecule has 3 heteroatoms. The van der Waals surface area contributed by atoms with Gasteiger partial charge in [0.1, 0.15) is 0 Å². The molecule has 1 saturated heterocycles. The van der Waals surface area contributed by atoms with Crippen molar-refractivity contribution in [1.82, 2.24) is 0 Å². The molecule has 1 heterocycles. The molecule has 1 aliphatic rings. The average molecular weight is 197 g/mol. The van der Waals surface area contributed by atoms with Crippen LogP contribution in [0, 0.1) is 16.7 Å². The van der Waals surface area contributed by atoms with Gasteiger partial charge in [-0.25, -0.2) is 0 Å². The van der Waals surface area contributed by atoms with E-state index in [9.17, 15) is 0 Å². The lowest BCUT2D eigenvalue weighted by Gasteiger charge is -2.30. The first kappa shape index (κ1) is 11.5. The van der Waals surface area contributed by atoms with Gasteiger partial charge in [0.05, 0.1) is 11.5 Å². The highest BCUT2D eigenvalue weighted by Crippen LogP contribution is 2.33. The molecule has 1 aliphatic heterocycles. The summed E-state index contributed by atoms with van der Waals surface area (Å²) in [5, 5.41) is 9.14. The summed E-state index contributed by atoms with van der Waals surface area (Å²) < 4.78 is 10.7. The number of rotatable bonds is 5. The Morgan fingerprint density at radius 1 is 1.36 bits per heavy atom. The number of hydrogen-bond donors (Lipinski definition) is 0. The van der Waals surface area contributed by atoms with Crippen LogP contribution in [-0.2, 0) is 9.47 Å². The maximum atomic E-state index is 9.14. The molecule has 0 radical (unpaired) electrons. The SMILES string of the molecule is CCCOCCC1(C#N)CCOCC1. The van der Waals surface area contributed by atoms with Crippen LogP contribution in [0.1, 0.15) is 32.6 Å². The molecule has 0 aromatic carbocycles. The number of hydrogen-bond acceptors (Lipinski definition) is 3. The Hall–Kier alpha value is -0.590. The molecule has 0 spiro atoms. The molecule has 1 fully saturated rings. The normalized spacial score (nSPS) is 20.3. The maximum Gasteiger partial charge on any atom is 0.0692 e. The standard InChI is InChI=1S/C11H19NO2/c1-2-6-13-7-3-11(10-12)4-8-14-9-5-11/h2-9H2,1H3. The van der Waals surface area contributed by atoms with E-state index in [-0.39, 0.29) is 5.41 Å². The molecule has 3 nitrogen and oxygen atoms in total. The van der Waals surface area contributed by atoms with E-state index in [0.717, 1.165) is 45.5 Å². The van der Waals surface area contributed by atoms with Crippen molar-refractivity contribution in [2.45, 2.75) is 32.6 Å². The van der Waals surface area contributed by atoms with Gasteiger partial charge in [-0.15, -0.1) is 0 Å². The van der Waals surface area contributed by atoms with Crippen LogP contribution in [0.15, 0.2) is 0 Å². The lowest BCUT2D eigenvalue weighted by atomic mass is 9.79. The van der Waals surface area contributed by atoms with Crippen LogP contribution in [-0.4, -0.2) is 26.4 Å². The quantitative estimate of drug-likeness (QED) is 0.634. The summed E-state index contributed by atoms with van der Waals surface area (Å²) in [6.45, 7) is 5.05. The zero-order valence-corrected chi connectivity index (χ0v) is 8.92. The van der Waals surface area contributed by atoms with Crippen molar-refractivity contribution in [2.24, 2.45) is 5.41 Å². The van der Waals surface area contributed by atoms with Crippen LogP contribution < -0.4 is 0 Å². The summed E-state index contributed by atoms with van der Waals surface area (Å²) >= 11 is 0. The average Bonchev–Trinajstić information content (AvgIpc) is 2.26. The largest absolute Gasteiger partial charge is 0.381 e. The lowest BCUT2D eigenvalue weighted by molar-refractivity contribution is 0.0199. The van der Waals surface area contributed by atoms with Crippen molar-refractivity contribution in [3.8, 4) is 6.07 Å². The Bertz CT molecular complexity index is 192. The van der Waals surface area contributed by atoms with Crippen molar-refractivity contribution in [3.05, 3.63) is 0 Å². The Morgan fingerprint density at radius 3 is 2.64 bits per heavy atom. The van der Waals surface area contributed by atoms with Crippen LogP contribution in [0.5, 0.6) is 0 Å². The molecule has 0 bridgehead atoms. The van der Waals surface area contributed by atoms with E-state index in [1.165, 1.54) is 0 Å². The topological polar surface area (TPSA) is 42.2 Å². The second-order valence-electron chi connectivity index (χ2n) is 3.87. The molecule has 0 unspecified atom stereocenters. The summed E-state index contributed by atoms with van der Waals surface area (Å²) in [6, 6.07) is 2.43. The number of nitriles is 1. The van der Waals surface area contributed by atoms with Gasteiger partial charge in [-0.3, -0.25) is 0 Å². The van der Waals surface area contributed by atoms with Gasteiger partial charge in [-0.05, 0) is 25.7 Å². The molecule has 0 saturated carbocycles. The van der Waals surface area contributed by atoms with Crippen LogP contribution in [0.25, 0.3) is 0 Å².